The van der Waals surface area contributed by atoms with Gasteiger partial charge in [0.25, 0.3) is 0 Å². The number of aliphatic carboxylic acids is 1. The van der Waals surface area contributed by atoms with Crippen LogP contribution in [0.3, 0.4) is 0 Å². The molecule has 3 aromatic heterocycles. The van der Waals surface area contributed by atoms with Crippen molar-refractivity contribution in [3.63, 3.8) is 0 Å². The predicted molar refractivity (Wildman–Crippen MR) is 117 cm³/mol. The van der Waals surface area contributed by atoms with Gasteiger partial charge in [0.15, 0.2) is 5.65 Å². The number of halogens is 4. The molecule has 3 heterocycles. The molecular formula is C23H17F4N5O3. The molecule has 180 valence electrons. The van der Waals surface area contributed by atoms with E-state index in [1.807, 2.05) is 24.3 Å². The molecule has 4 aromatic rings. The smallest absolute Gasteiger partial charge is 0.475 e. The average molecular weight is 487 g/mol. The van der Waals surface area contributed by atoms with Crippen LogP contribution in [0.4, 0.5) is 23.4 Å². The van der Waals surface area contributed by atoms with Crippen molar-refractivity contribution in [1.82, 2.24) is 19.6 Å². The first-order valence-corrected chi connectivity index (χ1v) is 10.3. The van der Waals surface area contributed by atoms with Crippen molar-refractivity contribution in [1.29, 1.82) is 0 Å². The number of hydrogen-bond donors (Lipinski definition) is 2. The van der Waals surface area contributed by atoms with Crippen LogP contribution in [-0.2, 0) is 9.59 Å². The van der Waals surface area contributed by atoms with Crippen molar-refractivity contribution < 1.29 is 32.3 Å². The van der Waals surface area contributed by atoms with E-state index in [2.05, 4.69) is 20.4 Å². The Labute approximate surface area is 195 Å². The van der Waals surface area contributed by atoms with Crippen molar-refractivity contribution in [2.45, 2.75) is 19.0 Å². The third-order valence-corrected chi connectivity index (χ3v) is 4.99. The van der Waals surface area contributed by atoms with Gasteiger partial charge in [-0.15, -0.1) is 0 Å². The highest BCUT2D eigenvalue weighted by molar-refractivity contribution is 5.94. The number of fused-ring (bicyclic) bond motifs is 1. The summed E-state index contributed by atoms with van der Waals surface area (Å²) in [7, 11) is 0. The summed E-state index contributed by atoms with van der Waals surface area (Å²) >= 11 is 0. The first kappa shape index (κ1) is 23.8. The second-order valence-electron chi connectivity index (χ2n) is 7.61. The molecule has 0 atom stereocenters. The third kappa shape index (κ3) is 5.60. The van der Waals surface area contributed by atoms with Gasteiger partial charge >= 0.3 is 12.1 Å². The molecule has 0 saturated heterocycles. The first-order valence-electron chi connectivity index (χ1n) is 10.3. The van der Waals surface area contributed by atoms with E-state index in [1.54, 1.807) is 29.0 Å². The van der Waals surface area contributed by atoms with E-state index in [1.165, 1.54) is 12.1 Å². The molecular weight excluding hydrogens is 470 g/mol. The normalized spacial score (nSPS) is 13.1. The third-order valence-electron chi connectivity index (χ3n) is 4.99. The van der Waals surface area contributed by atoms with Crippen molar-refractivity contribution in [2.24, 2.45) is 5.92 Å². The number of carboxylic acids is 1. The number of amides is 1. The van der Waals surface area contributed by atoms with Gasteiger partial charge in [-0.25, -0.2) is 23.7 Å². The molecule has 1 amide bonds. The van der Waals surface area contributed by atoms with Crippen LogP contribution in [0.1, 0.15) is 12.8 Å². The molecule has 0 radical (unpaired) electrons. The van der Waals surface area contributed by atoms with Gasteiger partial charge in [-0.05, 0) is 61.4 Å². The van der Waals surface area contributed by atoms with E-state index in [0.29, 0.717) is 17.2 Å². The number of nitrogens with zero attached hydrogens (tertiary/aromatic N) is 4. The molecule has 1 fully saturated rings. The summed E-state index contributed by atoms with van der Waals surface area (Å²) in [5.41, 5.74) is 3.71. The first-order chi connectivity index (χ1) is 16.6. The SMILES string of the molecule is O=C(Nc1cc(-c2c(-c3ccc(F)cc3)nc3cccnn23)ccn1)C1CC1.O=C(O)C(F)(F)F. The van der Waals surface area contributed by atoms with Crippen molar-refractivity contribution in [2.75, 3.05) is 5.32 Å². The summed E-state index contributed by atoms with van der Waals surface area (Å²) in [4.78, 5) is 29.9. The summed E-state index contributed by atoms with van der Waals surface area (Å²) in [5.74, 6) is -2.48. The van der Waals surface area contributed by atoms with E-state index in [9.17, 15) is 22.4 Å². The molecule has 0 bridgehead atoms. The van der Waals surface area contributed by atoms with Crippen molar-refractivity contribution in [3.05, 3.63) is 66.7 Å². The van der Waals surface area contributed by atoms with E-state index < -0.39 is 12.1 Å². The van der Waals surface area contributed by atoms with Crippen molar-refractivity contribution >= 4 is 23.3 Å². The van der Waals surface area contributed by atoms with Crippen LogP contribution in [0, 0.1) is 11.7 Å². The maximum atomic E-state index is 13.4. The molecule has 35 heavy (non-hydrogen) atoms. The quantitative estimate of drug-likeness (QED) is 0.408. The average Bonchev–Trinajstić information content (AvgIpc) is 3.60. The van der Waals surface area contributed by atoms with Crippen LogP contribution in [-0.4, -0.2) is 42.7 Å². The van der Waals surface area contributed by atoms with Gasteiger partial charge in [0.2, 0.25) is 5.91 Å². The zero-order chi connectivity index (χ0) is 25.2. The lowest BCUT2D eigenvalue weighted by molar-refractivity contribution is -0.192. The number of nitrogens with one attached hydrogen (secondary N) is 1. The highest BCUT2D eigenvalue weighted by Gasteiger charge is 2.38. The molecule has 0 aliphatic heterocycles. The molecule has 0 unspecified atom stereocenters. The Bertz CT molecular complexity index is 1380. The van der Waals surface area contributed by atoms with Crippen LogP contribution in [0.5, 0.6) is 0 Å². The summed E-state index contributed by atoms with van der Waals surface area (Å²) in [6, 6.07) is 13.5. The van der Waals surface area contributed by atoms with Gasteiger partial charge in [0, 0.05) is 29.4 Å². The molecule has 12 heteroatoms. The summed E-state index contributed by atoms with van der Waals surface area (Å²) < 4.78 is 46.9. The van der Waals surface area contributed by atoms with Crippen LogP contribution < -0.4 is 5.32 Å². The maximum Gasteiger partial charge on any atom is 0.490 e. The summed E-state index contributed by atoms with van der Waals surface area (Å²) in [5, 5.41) is 14.4. The number of aromatic nitrogens is 4. The second-order valence-corrected chi connectivity index (χ2v) is 7.61. The number of carbonyl (C=O) groups excluding carboxylic acids is 1. The lowest BCUT2D eigenvalue weighted by atomic mass is 10.1. The largest absolute Gasteiger partial charge is 0.490 e. The zero-order valence-corrected chi connectivity index (χ0v) is 17.8. The van der Waals surface area contributed by atoms with Crippen LogP contribution in [0.25, 0.3) is 28.2 Å². The Morgan fingerprint density at radius 1 is 1.03 bits per heavy atom. The van der Waals surface area contributed by atoms with Crippen LogP contribution in [0.15, 0.2) is 60.9 Å². The number of imidazole rings is 1. The fourth-order valence-electron chi connectivity index (χ4n) is 3.18. The predicted octanol–water partition coefficient (Wildman–Crippen LogP) is 4.58. The lowest BCUT2D eigenvalue weighted by Gasteiger charge is -2.08. The molecule has 1 aromatic carbocycles. The Balaban J connectivity index is 0.000000364. The molecule has 1 aliphatic carbocycles. The molecule has 1 aliphatic rings. The van der Waals surface area contributed by atoms with Gasteiger partial charge in [-0.1, -0.05) is 0 Å². The number of carboxylic acid groups (broad SMARTS) is 1. The number of benzene rings is 1. The van der Waals surface area contributed by atoms with E-state index in [0.717, 1.165) is 29.7 Å². The fraction of sp³-hybridized carbons (Fsp3) is 0.174. The van der Waals surface area contributed by atoms with Gasteiger partial charge in [-0.3, -0.25) is 4.79 Å². The topological polar surface area (TPSA) is 109 Å². The number of rotatable bonds is 4. The fourth-order valence-corrected chi connectivity index (χ4v) is 3.18. The molecule has 2 N–H and O–H groups in total. The Morgan fingerprint density at radius 2 is 1.71 bits per heavy atom. The van der Waals surface area contributed by atoms with E-state index in [-0.39, 0.29) is 17.6 Å². The number of anilines is 1. The number of hydrogen-bond acceptors (Lipinski definition) is 5. The van der Waals surface area contributed by atoms with Gasteiger partial charge < -0.3 is 10.4 Å². The lowest BCUT2D eigenvalue weighted by Crippen LogP contribution is -2.21. The summed E-state index contributed by atoms with van der Waals surface area (Å²) in [6.45, 7) is 0. The van der Waals surface area contributed by atoms with Gasteiger partial charge in [0.1, 0.15) is 17.3 Å². The molecule has 0 spiro atoms. The summed E-state index contributed by atoms with van der Waals surface area (Å²) in [6.07, 6.45) is 0.104. The number of alkyl halides is 3. The Kier molecular flexibility index (Phi) is 6.45. The molecule has 8 nitrogen and oxygen atoms in total. The number of pyridine rings is 1. The molecule has 1 saturated carbocycles. The van der Waals surface area contributed by atoms with Crippen LogP contribution in [0.2, 0.25) is 0 Å². The minimum atomic E-state index is -5.08. The van der Waals surface area contributed by atoms with Crippen molar-refractivity contribution in [3.8, 4) is 22.5 Å². The van der Waals surface area contributed by atoms with Gasteiger partial charge in [0.05, 0.1) is 5.69 Å². The maximum absolute atomic E-state index is 13.4. The number of carbonyl (C=O) groups is 2. The standard InChI is InChI=1S/C21H16FN5O.C2HF3O2/c22-16-7-5-13(6-8-16)19-20(27-18(26-19)2-1-10-24-27)15-9-11-23-17(12-15)25-21(28)14-3-4-14;3-2(4,5)1(6)7/h1-2,5-12,14H,3-4H2,(H,23,25,28);(H,6,7). The minimum absolute atomic E-state index is 0.000301. The highest BCUT2D eigenvalue weighted by Crippen LogP contribution is 2.34. The second kappa shape index (κ2) is 9.49. The minimum Gasteiger partial charge on any atom is -0.475 e. The Hall–Kier alpha value is -4.35. The molecule has 5 rings (SSSR count). The highest BCUT2D eigenvalue weighted by atomic mass is 19.4. The van der Waals surface area contributed by atoms with Crippen LogP contribution >= 0.6 is 0 Å². The van der Waals surface area contributed by atoms with E-state index in [4.69, 9.17) is 9.90 Å². The Morgan fingerprint density at radius 3 is 2.34 bits per heavy atom. The zero-order valence-electron chi connectivity index (χ0n) is 17.8. The van der Waals surface area contributed by atoms with Gasteiger partial charge in [-0.2, -0.15) is 18.3 Å². The monoisotopic (exact) mass is 487 g/mol. The van der Waals surface area contributed by atoms with E-state index >= 15 is 0 Å².